The third kappa shape index (κ3) is 2.41. The number of aryl methyl sites for hydroxylation is 1. The molecule has 0 aliphatic carbocycles. The van der Waals surface area contributed by atoms with Crippen LogP contribution in [0.3, 0.4) is 0 Å². The average Bonchev–Trinajstić information content (AvgIpc) is 2.71. The van der Waals surface area contributed by atoms with E-state index in [0.29, 0.717) is 16.5 Å². The average molecular weight is 374 g/mol. The summed E-state index contributed by atoms with van der Waals surface area (Å²) in [5.41, 5.74) is 6.85. The van der Waals surface area contributed by atoms with Gasteiger partial charge in [-0.3, -0.25) is 14.9 Å². The van der Waals surface area contributed by atoms with E-state index in [1.54, 1.807) is 37.4 Å². The molecule has 1 aliphatic heterocycles. The molecule has 2 aromatic carbocycles. The van der Waals surface area contributed by atoms with Gasteiger partial charge in [0.1, 0.15) is 17.4 Å². The maximum atomic E-state index is 13.2. The number of non-ortho nitro benzene ring substituents is 1. The van der Waals surface area contributed by atoms with Gasteiger partial charge in [0.05, 0.1) is 21.9 Å². The zero-order chi connectivity index (χ0) is 20.0. The van der Waals surface area contributed by atoms with E-state index in [1.165, 1.54) is 22.8 Å². The third-order valence-electron chi connectivity index (χ3n) is 4.88. The van der Waals surface area contributed by atoms with Gasteiger partial charge in [-0.05, 0) is 17.7 Å². The van der Waals surface area contributed by atoms with Gasteiger partial charge in [0, 0.05) is 24.6 Å². The van der Waals surface area contributed by atoms with E-state index < -0.39 is 10.8 Å². The fraction of sp³-hybridized carbons (Fsp3) is 0.100. The Bertz CT molecular complexity index is 1280. The van der Waals surface area contributed by atoms with Crippen LogP contribution in [-0.2, 0) is 7.05 Å². The summed E-state index contributed by atoms with van der Waals surface area (Å²) >= 11 is 0. The van der Waals surface area contributed by atoms with Gasteiger partial charge in [-0.25, -0.2) is 0 Å². The van der Waals surface area contributed by atoms with Crippen molar-refractivity contribution in [1.82, 2.24) is 4.57 Å². The number of nitriles is 1. The molecule has 4 rings (SSSR count). The van der Waals surface area contributed by atoms with Gasteiger partial charge in [0.2, 0.25) is 5.88 Å². The van der Waals surface area contributed by atoms with Crippen LogP contribution in [0.15, 0.2) is 64.8 Å². The topological polar surface area (TPSA) is 124 Å². The van der Waals surface area contributed by atoms with Crippen molar-refractivity contribution in [2.45, 2.75) is 5.92 Å². The molecule has 0 radical (unpaired) electrons. The highest BCUT2D eigenvalue weighted by molar-refractivity contribution is 5.88. The number of hydrogen-bond donors (Lipinski definition) is 1. The first kappa shape index (κ1) is 17.3. The molecule has 2 N–H and O–H groups in total. The van der Waals surface area contributed by atoms with Crippen molar-refractivity contribution >= 4 is 16.6 Å². The number of nitro benzene ring substituents is 1. The smallest absolute Gasteiger partial charge is 0.269 e. The molecule has 28 heavy (non-hydrogen) atoms. The van der Waals surface area contributed by atoms with E-state index in [4.69, 9.17) is 10.5 Å². The third-order valence-corrected chi connectivity index (χ3v) is 4.88. The van der Waals surface area contributed by atoms with Crippen LogP contribution in [0.1, 0.15) is 17.0 Å². The minimum Gasteiger partial charge on any atom is -0.439 e. The maximum Gasteiger partial charge on any atom is 0.269 e. The normalized spacial score (nSPS) is 15.6. The lowest BCUT2D eigenvalue weighted by Crippen LogP contribution is -2.31. The lowest BCUT2D eigenvalue weighted by molar-refractivity contribution is -0.384. The van der Waals surface area contributed by atoms with Crippen LogP contribution >= 0.6 is 0 Å². The van der Waals surface area contributed by atoms with E-state index in [2.05, 4.69) is 0 Å². The molecule has 0 saturated carbocycles. The monoisotopic (exact) mass is 374 g/mol. The number of benzene rings is 2. The van der Waals surface area contributed by atoms with Gasteiger partial charge >= 0.3 is 0 Å². The minimum atomic E-state index is -0.864. The van der Waals surface area contributed by atoms with Gasteiger partial charge in [-0.1, -0.05) is 24.3 Å². The highest BCUT2D eigenvalue weighted by Gasteiger charge is 2.35. The van der Waals surface area contributed by atoms with Crippen molar-refractivity contribution in [3.63, 3.8) is 0 Å². The Labute approximate surface area is 158 Å². The summed E-state index contributed by atoms with van der Waals surface area (Å²) in [4.78, 5) is 23.9. The second-order valence-electron chi connectivity index (χ2n) is 6.40. The lowest BCUT2D eigenvalue weighted by Gasteiger charge is -2.27. The summed E-state index contributed by atoms with van der Waals surface area (Å²) in [6, 6.07) is 15.0. The number of hydrogen-bond acceptors (Lipinski definition) is 6. The Morgan fingerprint density at radius 1 is 1.25 bits per heavy atom. The van der Waals surface area contributed by atoms with E-state index >= 15 is 0 Å². The quantitative estimate of drug-likeness (QED) is 0.543. The van der Waals surface area contributed by atoms with E-state index in [1.807, 2.05) is 6.07 Å². The number of ether oxygens (including phenoxy) is 1. The minimum absolute atomic E-state index is 0.0420. The Kier molecular flexibility index (Phi) is 3.86. The fourth-order valence-electron chi connectivity index (χ4n) is 3.58. The predicted octanol–water partition coefficient (Wildman–Crippen LogP) is 2.66. The number of para-hydroxylation sites is 1. The number of nitrogens with two attached hydrogens (primary N) is 1. The Morgan fingerprint density at radius 2 is 2.00 bits per heavy atom. The summed E-state index contributed by atoms with van der Waals surface area (Å²) in [6.07, 6.45) is 0. The number of pyridine rings is 1. The molecule has 138 valence electrons. The SMILES string of the molecule is Cn1c(=O)c2c(c3ccccc31)OC(N)=C(C#N)[C@@H]2c1cccc([N+](=O)[O-])c1. The van der Waals surface area contributed by atoms with Crippen molar-refractivity contribution < 1.29 is 9.66 Å². The highest BCUT2D eigenvalue weighted by atomic mass is 16.6. The van der Waals surface area contributed by atoms with Crippen LogP contribution in [0.4, 0.5) is 5.69 Å². The molecule has 0 amide bonds. The molecule has 0 saturated heterocycles. The molecule has 1 aliphatic rings. The molecular formula is C20H14N4O4. The molecular weight excluding hydrogens is 360 g/mol. The van der Waals surface area contributed by atoms with Crippen LogP contribution in [0.5, 0.6) is 5.75 Å². The van der Waals surface area contributed by atoms with Gasteiger partial charge in [-0.15, -0.1) is 0 Å². The molecule has 3 aromatic rings. The highest BCUT2D eigenvalue weighted by Crippen LogP contribution is 2.43. The van der Waals surface area contributed by atoms with Gasteiger partial charge < -0.3 is 15.0 Å². The van der Waals surface area contributed by atoms with Gasteiger partial charge in [-0.2, -0.15) is 5.26 Å². The second kappa shape index (κ2) is 6.25. The van der Waals surface area contributed by atoms with Crippen LogP contribution < -0.4 is 16.0 Å². The number of aromatic nitrogens is 1. The number of nitro groups is 1. The molecule has 0 fully saturated rings. The molecule has 1 aromatic heterocycles. The van der Waals surface area contributed by atoms with Crippen LogP contribution in [0.2, 0.25) is 0 Å². The van der Waals surface area contributed by atoms with Crippen LogP contribution in [0, 0.1) is 21.4 Å². The first-order valence-electron chi connectivity index (χ1n) is 8.37. The number of fused-ring (bicyclic) bond motifs is 3. The number of nitrogens with zero attached hydrogens (tertiary/aromatic N) is 3. The van der Waals surface area contributed by atoms with Crippen molar-refractivity contribution in [2.75, 3.05) is 0 Å². The molecule has 1 atom stereocenters. The maximum absolute atomic E-state index is 13.2. The van der Waals surface area contributed by atoms with Gasteiger partial charge in [0.25, 0.3) is 11.2 Å². The molecule has 0 unspecified atom stereocenters. The summed E-state index contributed by atoms with van der Waals surface area (Å²) in [6.45, 7) is 0. The second-order valence-corrected chi connectivity index (χ2v) is 6.40. The van der Waals surface area contributed by atoms with Crippen molar-refractivity contribution in [3.8, 4) is 11.8 Å². The summed E-state index contributed by atoms with van der Waals surface area (Å²) in [5.74, 6) is -0.714. The zero-order valence-electron chi connectivity index (χ0n) is 14.7. The molecule has 8 nitrogen and oxygen atoms in total. The fourth-order valence-corrected chi connectivity index (χ4v) is 3.58. The standard InChI is InChI=1S/C20H14N4O4/c1-23-15-8-3-2-7-13(15)18-17(20(23)25)16(14(10-21)19(22)28-18)11-5-4-6-12(9-11)24(26)27/h2-9,16H,22H2,1H3/t16-/m0/s1. The summed E-state index contributed by atoms with van der Waals surface area (Å²) in [7, 11) is 1.63. The molecule has 2 heterocycles. The first-order chi connectivity index (χ1) is 13.4. The molecule has 0 spiro atoms. The van der Waals surface area contributed by atoms with Crippen molar-refractivity contribution in [3.05, 3.63) is 91.6 Å². The Balaban J connectivity index is 2.11. The van der Waals surface area contributed by atoms with Crippen molar-refractivity contribution in [2.24, 2.45) is 12.8 Å². The van der Waals surface area contributed by atoms with E-state index in [-0.39, 0.29) is 34.0 Å². The summed E-state index contributed by atoms with van der Waals surface area (Å²) < 4.78 is 7.17. The molecule has 8 heteroatoms. The number of rotatable bonds is 2. The van der Waals surface area contributed by atoms with E-state index in [0.717, 1.165) is 0 Å². The van der Waals surface area contributed by atoms with Crippen molar-refractivity contribution in [1.29, 1.82) is 5.26 Å². The number of allylic oxidation sites excluding steroid dienone is 1. The zero-order valence-corrected chi connectivity index (χ0v) is 14.7. The van der Waals surface area contributed by atoms with Crippen LogP contribution in [-0.4, -0.2) is 9.49 Å². The van der Waals surface area contributed by atoms with Gasteiger partial charge in [0.15, 0.2) is 0 Å². The van der Waals surface area contributed by atoms with E-state index in [9.17, 15) is 20.2 Å². The summed E-state index contributed by atoms with van der Waals surface area (Å²) in [5, 5.41) is 21.5. The lowest BCUT2D eigenvalue weighted by atomic mass is 9.83. The molecule has 0 bridgehead atoms. The largest absolute Gasteiger partial charge is 0.439 e. The predicted molar refractivity (Wildman–Crippen MR) is 102 cm³/mol. The Morgan fingerprint density at radius 3 is 2.71 bits per heavy atom. The first-order valence-corrected chi connectivity index (χ1v) is 8.37. The van der Waals surface area contributed by atoms with Crippen LogP contribution in [0.25, 0.3) is 10.9 Å². The Hall–Kier alpha value is -4.12.